The molecular formula is H14N6O24Zr. The summed E-state index contributed by atoms with van der Waals surface area (Å²) in [7, 11) is 0. The van der Waals surface area contributed by atoms with Gasteiger partial charge >= 0.3 is 26.2 Å². The zero-order valence-electron chi connectivity index (χ0n) is 13.7. The van der Waals surface area contributed by atoms with Crippen molar-refractivity contribution in [1.29, 1.82) is 0 Å². The van der Waals surface area contributed by atoms with E-state index in [1.54, 1.807) is 0 Å². The van der Waals surface area contributed by atoms with Crippen LogP contribution in [0, 0.1) is 91.9 Å². The van der Waals surface area contributed by atoms with Gasteiger partial charge in [-0.1, -0.05) is 0 Å². The van der Waals surface area contributed by atoms with Gasteiger partial charge in [0.1, 0.15) is 0 Å². The van der Waals surface area contributed by atoms with Gasteiger partial charge in [0.2, 0.25) is 0 Å². The molecule has 0 radical (unpaired) electrons. The molecule has 0 heterocycles. The van der Waals surface area contributed by atoms with Gasteiger partial charge in [0.15, 0.2) is 0 Å². The van der Waals surface area contributed by atoms with Crippen LogP contribution in [0.2, 0.25) is 0 Å². The van der Waals surface area contributed by atoms with E-state index in [1.807, 2.05) is 0 Å². The van der Waals surface area contributed by atoms with Crippen LogP contribution in [-0.2, 0) is 31.7 Å². The van der Waals surface area contributed by atoms with Gasteiger partial charge in [0.05, 0.1) is 30.5 Å². The summed E-state index contributed by atoms with van der Waals surface area (Å²) in [5.41, 5.74) is 0. The Morgan fingerprint density at radius 3 is 0.290 bits per heavy atom. The van der Waals surface area contributed by atoms with E-state index < -0.39 is 30.5 Å². The minimum Gasteiger partial charge on any atom is -0.873 e. The standard InChI is InChI=1S/6NO3.H4O.5H2O.Zr/c6*2-1(3)4;;;;;;;/h;;;;;;1H4;5*1H2;/q6*-1;+2;;;;;;+4. The minimum absolute atomic E-state index is 0. The van der Waals surface area contributed by atoms with Crippen LogP contribution in [0.3, 0.4) is 0 Å². The van der Waals surface area contributed by atoms with Crippen molar-refractivity contribution in [3.8, 4) is 0 Å². The largest absolute Gasteiger partial charge is 4.00 e. The van der Waals surface area contributed by atoms with Gasteiger partial charge in [-0.15, -0.1) is 0 Å². The van der Waals surface area contributed by atoms with E-state index in [1.165, 1.54) is 0 Å². The molecule has 0 bridgehead atoms. The Kier molecular flexibility index (Phi) is 251. The number of hydrogen-bond acceptors (Lipinski definition) is 18. The molecule has 0 spiro atoms. The fourth-order valence-corrected chi connectivity index (χ4v) is 0. The summed E-state index contributed by atoms with van der Waals surface area (Å²) in [6.45, 7) is 0. The van der Waals surface area contributed by atoms with E-state index in [9.17, 15) is 0 Å². The third-order valence-corrected chi connectivity index (χ3v) is 0. The minimum atomic E-state index is -1.75. The smallest absolute Gasteiger partial charge is 0.873 e. The molecule has 0 rings (SSSR count). The van der Waals surface area contributed by atoms with Crippen LogP contribution >= 0.6 is 0 Å². The Labute approximate surface area is 182 Å². The van der Waals surface area contributed by atoms with Gasteiger partial charge in [-0.25, -0.2) is 0 Å². The monoisotopic (exact) mass is 572 g/mol. The molecule has 0 saturated heterocycles. The predicted molar refractivity (Wildman–Crippen MR) is 86.5 cm³/mol. The van der Waals surface area contributed by atoms with Crippen molar-refractivity contribution in [3.63, 3.8) is 0 Å². The Hall–Kier alpha value is -4.16. The summed E-state index contributed by atoms with van der Waals surface area (Å²) >= 11 is 0. The second-order valence-corrected chi connectivity index (χ2v) is 1.34. The number of hydrogen-bond donors (Lipinski definition) is 0. The fourth-order valence-electron chi connectivity index (χ4n) is 0. The molecule has 31 heteroatoms. The maximum absolute atomic E-state index is 8.25. The Balaban J connectivity index is -0.0000000109. The van der Waals surface area contributed by atoms with Gasteiger partial charge in [0.25, 0.3) is 0 Å². The van der Waals surface area contributed by atoms with Crippen molar-refractivity contribution in [3.05, 3.63) is 91.9 Å². The average Bonchev–Trinajstić information content (AvgIpc) is 2.08. The molecule has 0 aromatic carbocycles. The molecule has 0 aliphatic rings. The Morgan fingerprint density at radius 2 is 0.290 bits per heavy atom. The molecule has 0 aromatic rings. The molecule has 30 nitrogen and oxygen atoms in total. The molecule has 14 N–H and O–H groups in total. The molecule has 0 fully saturated rings. The van der Waals surface area contributed by atoms with Crippen LogP contribution < -0.4 is 0 Å². The second-order valence-electron chi connectivity index (χ2n) is 1.34. The maximum atomic E-state index is 8.25. The normalized spacial score (nSPS) is 4.65. The van der Waals surface area contributed by atoms with Gasteiger partial charge < -0.3 is 125 Å². The van der Waals surface area contributed by atoms with E-state index in [0.717, 1.165) is 0 Å². The fraction of sp³-hybridized carbons (Fsp3) is 0. The summed E-state index contributed by atoms with van der Waals surface area (Å²) in [6.07, 6.45) is 0. The predicted octanol–water partition coefficient (Wildman–Crippen LogP) is -6.75. The molecular weight excluding hydrogens is 559 g/mol. The molecule has 0 aliphatic heterocycles. The van der Waals surface area contributed by atoms with Crippen LogP contribution in [0.5, 0.6) is 0 Å². The van der Waals surface area contributed by atoms with E-state index in [-0.39, 0.29) is 59.1 Å². The van der Waals surface area contributed by atoms with Crippen molar-refractivity contribution >= 4 is 0 Å². The SMILES string of the molecule is O.O.O.O.O.O=[N+]([O-])[O-].O=[N+]([O-])[O-].O=[N+]([O-])[O-].O=[N+]([O-])[O-].O=[N+]([O-])[O-].O=[N+]([O-])[O-].[OH4+2].[Zr+4]. The summed E-state index contributed by atoms with van der Waals surface area (Å²) in [4.78, 5) is 49.5. The summed E-state index contributed by atoms with van der Waals surface area (Å²) in [5.74, 6) is 0. The van der Waals surface area contributed by atoms with Crippen molar-refractivity contribution < 1.29 is 89.6 Å². The van der Waals surface area contributed by atoms with Crippen LogP contribution in [-0.4, -0.2) is 57.9 Å². The van der Waals surface area contributed by atoms with Gasteiger partial charge in [-0.3, -0.25) is 0 Å². The quantitative estimate of drug-likeness (QED) is 0.192. The molecule has 0 atom stereocenters. The third kappa shape index (κ3) is 850. The molecule has 0 aromatic heterocycles. The molecule has 0 amide bonds. The Morgan fingerprint density at radius 1 is 0.290 bits per heavy atom. The molecule has 31 heavy (non-hydrogen) atoms. The summed E-state index contributed by atoms with van der Waals surface area (Å²) in [5, 5.41) is 88.5. The van der Waals surface area contributed by atoms with E-state index in [0.29, 0.717) is 0 Å². The van der Waals surface area contributed by atoms with Gasteiger partial charge in [-0.2, -0.15) is 0 Å². The zero-order valence-corrected chi connectivity index (χ0v) is 16.2. The van der Waals surface area contributed by atoms with E-state index >= 15 is 0 Å². The van der Waals surface area contributed by atoms with Crippen molar-refractivity contribution in [1.82, 2.24) is 0 Å². The summed E-state index contributed by atoms with van der Waals surface area (Å²) in [6, 6.07) is 0. The van der Waals surface area contributed by atoms with Crippen LogP contribution in [0.15, 0.2) is 0 Å². The Bertz CT molecular complexity index is 259. The van der Waals surface area contributed by atoms with Crippen LogP contribution in [0.1, 0.15) is 0 Å². The van der Waals surface area contributed by atoms with Crippen LogP contribution in [0.25, 0.3) is 0 Å². The first-order valence-corrected chi connectivity index (χ1v) is 3.29. The van der Waals surface area contributed by atoms with Crippen molar-refractivity contribution in [2.24, 2.45) is 0 Å². The van der Waals surface area contributed by atoms with E-state index in [2.05, 4.69) is 0 Å². The molecule has 192 valence electrons. The topological polar surface area (TPSA) is 589 Å². The van der Waals surface area contributed by atoms with Crippen molar-refractivity contribution in [2.75, 3.05) is 0 Å². The van der Waals surface area contributed by atoms with Gasteiger partial charge in [-0.05, 0) is 0 Å². The summed E-state index contributed by atoms with van der Waals surface area (Å²) < 4.78 is 0. The van der Waals surface area contributed by atoms with E-state index in [4.69, 9.17) is 91.9 Å². The first-order chi connectivity index (χ1) is 10.4. The zero-order chi connectivity index (χ0) is 21.5. The average molecular weight is 573 g/mol. The third-order valence-electron chi connectivity index (χ3n) is 0. The number of nitrogens with zero attached hydrogens (tertiary/aromatic N) is 6. The number of rotatable bonds is 0. The van der Waals surface area contributed by atoms with Crippen molar-refractivity contribution in [2.45, 2.75) is 0 Å². The molecule has 0 aliphatic carbocycles. The molecule has 0 unspecified atom stereocenters. The second kappa shape index (κ2) is 83.2. The maximum Gasteiger partial charge on any atom is 4.00 e. The van der Waals surface area contributed by atoms with Gasteiger partial charge in [0, 0.05) is 0 Å². The first-order valence-electron chi connectivity index (χ1n) is 3.29. The molecule has 0 saturated carbocycles. The first kappa shape index (κ1) is 93.6. The van der Waals surface area contributed by atoms with Crippen LogP contribution in [0.4, 0.5) is 0 Å².